The van der Waals surface area contributed by atoms with Gasteiger partial charge in [0.25, 0.3) is 5.56 Å². The Morgan fingerprint density at radius 1 is 1.07 bits per heavy atom. The zero-order valence-electron chi connectivity index (χ0n) is 15.2. The first-order valence-corrected chi connectivity index (χ1v) is 9.08. The number of aromatic nitrogens is 2. The molecule has 2 aromatic carbocycles. The molecule has 0 fully saturated rings. The summed E-state index contributed by atoms with van der Waals surface area (Å²) < 4.78 is 1.56. The quantitative estimate of drug-likeness (QED) is 0.669. The summed E-state index contributed by atoms with van der Waals surface area (Å²) in [6.45, 7) is 6.09. The van der Waals surface area contributed by atoms with Crippen LogP contribution in [0.2, 0.25) is 0 Å². The van der Waals surface area contributed by atoms with Crippen molar-refractivity contribution < 1.29 is 4.79 Å². The second kappa shape index (κ2) is 6.83. The molecule has 0 aliphatic carbocycles. The van der Waals surface area contributed by atoms with Gasteiger partial charge in [0.2, 0.25) is 5.91 Å². The monoisotopic (exact) mass is 359 g/mol. The van der Waals surface area contributed by atoms with Crippen LogP contribution in [0.5, 0.6) is 0 Å². The Morgan fingerprint density at radius 3 is 2.52 bits per heavy atom. The highest BCUT2D eigenvalue weighted by Gasteiger charge is 2.38. The molecule has 0 saturated carbocycles. The molecule has 1 aliphatic heterocycles. The van der Waals surface area contributed by atoms with Gasteiger partial charge in [0.1, 0.15) is 11.9 Å². The highest BCUT2D eigenvalue weighted by atomic mass is 16.2. The van der Waals surface area contributed by atoms with Crippen LogP contribution in [0.3, 0.4) is 0 Å². The normalized spacial score (nSPS) is 19.1. The first kappa shape index (κ1) is 17.2. The lowest BCUT2D eigenvalue weighted by atomic mass is 10.0. The Bertz CT molecular complexity index is 1070. The van der Waals surface area contributed by atoms with E-state index in [1.54, 1.807) is 23.6 Å². The molecule has 1 aromatic heterocycles. The first-order chi connectivity index (χ1) is 13.1. The number of amides is 1. The van der Waals surface area contributed by atoms with Crippen LogP contribution in [-0.2, 0) is 11.3 Å². The topological polar surface area (TPSA) is 55.2 Å². The van der Waals surface area contributed by atoms with Gasteiger partial charge in [-0.3, -0.25) is 14.2 Å². The third-order valence-corrected chi connectivity index (χ3v) is 5.12. The molecule has 2 atom stereocenters. The second-order valence-electron chi connectivity index (χ2n) is 6.83. The van der Waals surface area contributed by atoms with E-state index in [4.69, 9.17) is 4.98 Å². The fourth-order valence-electron chi connectivity index (χ4n) is 3.77. The molecule has 2 heterocycles. The maximum Gasteiger partial charge on any atom is 0.262 e. The van der Waals surface area contributed by atoms with Crippen molar-refractivity contribution in [1.29, 1.82) is 0 Å². The molecule has 0 N–H and O–H groups in total. The highest BCUT2D eigenvalue weighted by Crippen LogP contribution is 2.33. The third kappa shape index (κ3) is 2.85. The molecule has 136 valence electrons. The van der Waals surface area contributed by atoms with E-state index < -0.39 is 6.04 Å². The lowest BCUT2D eigenvalue weighted by Crippen LogP contribution is -2.48. The van der Waals surface area contributed by atoms with Crippen molar-refractivity contribution in [2.75, 3.05) is 0 Å². The number of hydrogen-bond acceptors (Lipinski definition) is 3. The molecule has 0 spiro atoms. The zero-order chi connectivity index (χ0) is 19.0. The lowest BCUT2D eigenvalue weighted by molar-refractivity contribution is -0.140. The Hall–Kier alpha value is -3.21. The number of para-hydroxylation sites is 1. The van der Waals surface area contributed by atoms with Gasteiger partial charge in [-0.1, -0.05) is 48.5 Å². The van der Waals surface area contributed by atoms with Gasteiger partial charge in [0, 0.05) is 6.54 Å². The predicted octanol–water partition coefficient (Wildman–Crippen LogP) is 3.62. The van der Waals surface area contributed by atoms with E-state index in [0.29, 0.717) is 29.7 Å². The number of benzene rings is 2. The molecule has 5 heteroatoms. The number of carbonyl (C=O) groups is 1. The van der Waals surface area contributed by atoms with Crippen LogP contribution in [-0.4, -0.2) is 20.4 Å². The average Bonchev–Trinajstić information content (AvgIpc) is 2.69. The molecular weight excluding hydrogens is 338 g/mol. The van der Waals surface area contributed by atoms with Gasteiger partial charge >= 0.3 is 0 Å². The third-order valence-electron chi connectivity index (χ3n) is 5.12. The maximum absolute atomic E-state index is 13.2. The molecule has 0 bridgehead atoms. The number of fused-ring (bicyclic) bond motifs is 2. The van der Waals surface area contributed by atoms with E-state index in [1.807, 2.05) is 53.4 Å². The average molecular weight is 359 g/mol. The van der Waals surface area contributed by atoms with Crippen LogP contribution in [0, 0.1) is 0 Å². The Labute approximate surface area is 157 Å². The number of nitrogens with zero attached hydrogens (tertiary/aromatic N) is 3. The van der Waals surface area contributed by atoms with Crippen molar-refractivity contribution in [3.63, 3.8) is 0 Å². The largest absolute Gasteiger partial charge is 0.326 e. The van der Waals surface area contributed by atoms with Crippen molar-refractivity contribution in [1.82, 2.24) is 14.5 Å². The van der Waals surface area contributed by atoms with Gasteiger partial charge in [-0.2, -0.15) is 0 Å². The van der Waals surface area contributed by atoms with Gasteiger partial charge in [-0.05, 0) is 31.0 Å². The van der Waals surface area contributed by atoms with Gasteiger partial charge in [-0.25, -0.2) is 4.98 Å². The minimum absolute atomic E-state index is 0.0719. The zero-order valence-corrected chi connectivity index (χ0v) is 15.2. The minimum Gasteiger partial charge on any atom is -0.326 e. The standard InChI is InChI=1S/C22H21N3O2/c1-3-9-19-20-23-18-13-8-7-12-17(18)22(27)25(20)15(2)21(26)24(19)14-16-10-5-4-6-11-16/h3-8,10-13,15,19H,1,9,14H2,2H3/t15-,19-/m0/s1. The summed E-state index contributed by atoms with van der Waals surface area (Å²) in [6, 6.07) is 16.2. The van der Waals surface area contributed by atoms with E-state index in [-0.39, 0.29) is 17.5 Å². The van der Waals surface area contributed by atoms with Crippen LogP contribution >= 0.6 is 0 Å². The molecule has 1 aliphatic rings. The first-order valence-electron chi connectivity index (χ1n) is 9.08. The summed E-state index contributed by atoms with van der Waals surface area (Å²) in [5.41, 5.74) is 1.54. The minimum atomic E-state index is -0.589. The summed E-state index contributed by atoms with van der Waals surface area (Å²) >= 11 is 0. The molecular formula is C22H21N3O2. The van der Waals surface area contributed by atoms with Crippen molar-refractivity contribution in [2.24, 2.45) is 0 Å². The van der Waals surface area contributed by atoms with Gasteiger partial charge in [0.05, 0.1) is 16.9 Å². The smallest absolute Gasteiger partial charge is 0.262 e. The Balaban J connectivity index is 1.90. The molecule has 5 nitrogen and oxygen atoms in total. The number of rotatable bonds is 4. The van der Waals surface area contributed by atoms with E-state index in [0.717, 1.165) is 5.56 Å². The van der Waals surface area contributed by atoms with Crippen LogP contribution < -0.4 is 5.56 Å². The van der Waals surface area contributed by atoms with Crippen LogP contribution in [0.15, 0.2) is 72.0 Å². The Morgan fingerprint density at radius 2 is 1.78 bits per heavy atom. The molecule has 0 saturated heterocycles. The summed E-state index contributed by atoms with van der Waals surface area (Å²) in [4.78, 5) is 32.8. The molecule has 0 unspecified atom stereocenters. The summed E-state index contributed by atoms with van der Waals surface area (Å²) in [6.07, 6.45) is 2.31. The summed E-state index contributed by atoms with van der Waals surface area (Å²) in [5.74, 6) is 0.555. The van der Waals surface area contributed by atoms with Crippen molar-refractivity contribution in [3.05, 3.63) is 89.0 Å². The maximum atomic E-state index is 13.2. The van der Waals surface area contributed by atoms with Crippen molar-refractivity contribution >= 4 is 16.8 Å². The van der Waals surface area contributed by atoms with Crippen LogP contribution in [0.4, 0.5) is 0 Å². The predicted molar refractivity (Wildman–Crippen MR) is 105 cm³/mol. The summed E-state index contributed by atoms with van der Waals surface area (Å²) in [5, 5.41) is 0.537. The molecule has 0 radical (unpaired) electrons. The fraction of sp³-hybridized carbons (Fsp3) is 0.227. The molecule has 3 aromatic rings. The molecule has 27 heavy (non-hydrogen) atoms. The lowest BCUT2D eigenvalue weighted by Gasteiger charge is -2.39. The van der Waals surface area contributed by atoms with Crippen molar-refractivity contribution in [2.45, 2.75) is 32.0 Å². The van der Waals surface area contributed by atoms with Gasteiger partial charge < -0.3 is 4.90 Å². The molecule has 1 amide bonds. The summed E-state index contributed by atoms with van der Waals surface area (Å²) in [7, 11) is 0. The van der Waals surface area contributed by atoms with Crippen LogP contribution in [0.25, 0.3) is 10.9 Å². The van der Waals surface area contributed by atoms with Crippen molar-refractivity contribution in [3.8, 4) is 0 Å². The van der Waals surface area contributed by atoms with E-state index in [1.165, 1.54) is 0 Å². The fourth-order valence-corrected chi connectivity index (χ4v) is 3.77. The van der Waals surface area contributed by atoms with E-state index in [9.17, 15) is 9.59 Å². The second-order valence-corrected chi connectivity index (χ2v) is 6.83. The Kier molecular flexibility index (Phi) is 4.36. The number of carbonyl (C=O) groups excluding carboxylic acids is 1. The SMILES string of the molecule is C=CC[C@H]1c2nc3ccccc3c(=O)n2[C@@H](C)C(=O)N1Cc1ccccc1. The van der Waals surface area contributed by atoms with E-state index in [2.05, 4.69) is 6.58 Å². The van der Waals surface area contributed by atoms with E-state index >= 15 is 0 Å². The van der Waals surface area contributed by atoms with Gasteiger partial charge in [0.15, 0.2) is 0 Å². The number of hydrogen-bond donors (Lipinski definition) is 0. The highest BCUT2D eigenvalue weighted by molar-refractivity contribution is 5.83. The van der Waals surface area contributed by atoms with Gasteiger partial charge in [-0.15, -0.1) is 6.58 Å². The van der Waals surface area contributed by atoms with Crippen LogP contribution in [0.1, 0.15) is 36.8 Å². The molecule has 4 rings (SSSR count).